The molecule has 1 aromatic rings. The SMILES string of the molecule is CC(=O)COC(=O)[C@]12CCC(=O)N1c1ccccc1C(=O)N2C. The normalized spacial score (nSPS) is 22.7. The predicted octanol–water partition coefficient (Wildman–Crippen LogP) is 0.727. The van der Waals surface area contributed by atoms with Crippen LogP contribution in [0, 0.1) is 0 Å². The van der Waals surface area contributed by atoms with Crippen LogP contribution in [-0.2, 0) is 19.1 Å². The van der Waals surface area contributed by atoms with E-state index >= 15 is 0 Å². The van der Waals surface area contributed by atoms with E-state index < -0.39 is 11.6 Å². The third kappa shape index (κ3) is 2.03. The Morgan fingerprint density at radius 3 is 2.65 bits per heavy atom. The molecule has 0 N–H and O–H groups in total. The maximum absolute atomic E-state index is 12.7. The number of fused-ring (bicyclic) bond motifs is 3. The zero-order valence-corrected chi connectivity index (χ0v) is 12.9. The maximum atomic E-state index is 12.7. The molecule has 2 aliphatic rings. The summed E-state index contributed by atoms with van der Waals surface area (Å²) < 4.78 is 5.05. The van der Waals surface area contributed by atoms with Crippen LogP contribution >= 0.6 is 0 Å². The van der Waals surface area contributed by atoms with E-state index in [1.807, 2.05) is 0 Å². The van der Waals surface area contributed by atoms with Crippen molar-refractivity contribution in [2.24, 2.45) is 0 Å². The number of esters is 1. The number of para-hydroxylation sites is 1. The van der Waals surface area contributed by atoms with E-state index in [2.05, 4.69) is 0 Å². The Morgan fingerprint density at radius 2 is 1.96 bits per heavy atom. The van der Waals surface area contributed by atoms with Gasteiger partial charge in [0.25, 0.3) is 5.91 Å². The van der Waals surface area contributed by atoms with Crippen LogP contribution in [0.25, 0.3) is 0 Å². The number of Topliss-reactive ketones (excluding diaryl/α,β-unsaturated/α-hetero) is 1. The second-order valence-electron chi connectivity index (χ2n) is 5.71. The van der Waals surface area contributed by atoms with Crippen LogP contribution in [0.3, 0.4) is 0 Å². The minimum Gasteiger partial charge on any atom is -0.455 e. The van der Waals surface area contributed by atoms with Gasteiger partial charge >= 0.3 is 5.97 Å². The Balaban J connectivity index is 2.11. The minimum atomic E-state index is -1.52. The molecular weight excluding hydrogens is 300 g/mol. The van der Waals surface area contributed by atoms with Crippen molar-refractivity contribution in [2.45, 2.75) is 25.4 Å². The Kier molecular flexibility index (Phi) is 3.43. The molecule has 1 fully saturated rings. The average Bonchev–Trinajstić information content (AvgIpc) is 2.89. The first-order valence-corrected chi connectivity index (χ1v) is 7.26. The number of hydrogen-bond acceptors (Lipinski definition) is 5. The van der Waals surface area contributed by atoms with Crippen LogP contribution in [0.2, 0.25) is 0 Å². The number of benzene rings is 1. The van der Waals surface area contributed by atoms with Crippen molar-refractivity contribution in [3.05, 3.63) is 29.8 Å². The summed E-state index contributed by atoms with van der Waals surface area (Å²) in [6.45, 7) is 0.917. The van der Waals surface area contributed by atoms with Crippen molar-refractivity contribution in [3.8, 4) is 0 Å². The van der Waals surface area contributed by atoms with Gasteiger partial charge in [0.05, 0.1) is 11.3 Å². The van der Waals surface area contributed by atoms with Gasteiger partial charge in [-0.3, -0.25) is 19.3 Å². The number of carbonyl (C=O) groups excluding carboxylic acids is 4. The molecule has 3 rings (SSSR count). The van der Waals surface area contributed by atoms with E-state index in [4.69, 9.17) is 4.74 Å². The molecule has 7 heteroatoms. The third-order valence-corrected chi connectivity index (χ3v) is 4.28. The minimum absolute atomic E-state index is 0.126. The van der Waals surface area contributed by atoms with E-state index in [1.54, 1.807) is 24.3 Å². The van der Waals surface area contributed by atoms with E-state index in [9.17, 15) is 19.2 Å². The van der Waals surface area contributed by atoms with E-state index in [0.29, 0.717) is 11.3 Å². The number of ether oxygens (including phenoxy) is 1. The number of rotatable bonds is 3. The van der Waals surface area contributed by atoms with Crippen molar-refractivity contribution >= 4 is 29.3 Å². The fraction of sp³-hybridized carbons (Fsp3) is 0.375. The monoisotopic (exact) mass is 316 g/mol. The standard InChI is InChI=1S/C16H16N2O5/c1-10(19)9-23-15(22)16-8-7-13(20)18(16)12-6-4-3-5-11(12)14(21)17(16)2/h3-6H,7-9H2,1-2H3/t16-/m0/s1. The van der Waals surface area contributed by atoms with Crippen molar-refractivity contribution in [1.29, 1.82) is 0 Å². The first-order chi connectivity index (χ1) is 10.9. The largest absolute Gasteiger partial charge is 0.455 e. The number of ketones is 1. The number of anilines is 1. The lowest BCUT2D eigenvalue weighted by Gasteiger charge is -2.46. The van der Waals surface area contributed by atoms with Gasteiger partial charge < -0.3 is 9.64 Å². The Labute approximate surface area is 132 Å². The van der Waals surface area contributed by atoms with Gasteiger partial charge in [-0.2, -0.15) is 0 Å². The van der Waals surface area contributed by atoms with Crippen molar-refractivity contribution in [3.63, 3.8) is 0 Å². The fourth-order valence-electron chi connectivity index (χ4n) is 3.17. The summed E-state index contributed by atoms with van der Waals surface area (Å²) in [7, 11) is 1.47. The molecule has 2 aliphatic heterocycles. The molecular formula is C16H16N2O5. The van der Waals surface area contributed by atoms with Gasteiger partial charge in [0.15, 0.2) is 5.78 Å². The summed E-state index contributed by atoms with van der Waals surface area (Å²) >= 11 is 0. The molecule has 0 spiro atoms. The van der Waals surface area contributed by atoms with Gasteiger partial charge in [0.1, 0.15) is 6.61 Å². The molecule has 23 heavy (non-hydrogen) atoms. The average molecular weight is 316 g/mol. The summed E-state index contributed by atoms with van der Waals surface area (Å²) in [6.07, 6.45) is 0.264. The topological polar surface area (TPSA) is 84.0 Å². The lowest BCUT2D eigenvalue weighted by Crippen LogP contribution is -2.67. The molecule has 0 aliphatic carbocycles. The smallest absolute Gasteiger partial charge is 0.354 e. The zero-order valence-electron chi connectivity index (χ0n) is 12.9. The highest BCUT2D eigenvalue weighted by Crippen LogP contribution is 2.44. The van der Waals surface area contributed by atoms with Crippen molar-refractivity contribution in [1.82, 2.24) is 4.90 Å². The van der Waals surface area contributed by atoms with Gasteiger partial charge in [0, 0.05) is 19.9 Å². The highest BCUT2D eigenvalue weighted by Gasteiger charge is 2.60. The van der Waals surface area contributed by atoms with Crippen LogP contribution in [0.15, 0.2) is 24.3 Å². The van der Waals surface area contributed by atoms with Crippen molar-refractivity contribution in [2.75, 3.05) is 18.6 Å². The molecule has 7 nitrogen and oxygen atoms in total. The number of hydrogen-bond donors (Lipinski definition) is 0. The molecule has 120 valence electrons. The molecule has 0 bridgehead atoms. The zero-order chi connectivity index (χ0) is 16.8. The van der Waals surface area contributed by atoms with Gasteiger partial charge in [-0.25, -0.2) is 4.79 Å². The Morgan fingerprint density at radius 1 is 1.26 bits per heavy atom. The van der Waals surface area contributed by atoms with Gasteiger partial charge in [-0.05, 0) is 19.1 Å². The number of carbonyl (C=O) groups is 4. The van der Waals surface area contributed by atoms with E-state index in [1.165, 1.54) is 23.8 Å². The lowest BCUT2D eigenvalue weighted by atomic mass is 9.97. The summed E-state index contributed by atoms with van der Waals surface area (Å²) in [4.78, 5) is 51.3. The second-order valence-corrected chi connectivity index (χ2v) is 5.71. The summed E-state index contributed by atoms with van der Waals surface area (Å²) in [5, 5.41) is 0. The molecule has 0 unspecified atom stereocenters. The summed E-state index contributed by atoms with van der Waals surface area (Å²) in [5.74, 6) is -1.68. The van der Waals surface area contributed by atoms with Crippen LogP contribution in [-0.4, -0.2) is 47.8 Å². The van der Waals surface area contributed by atoms with Crippen LogP contribution < -0.4 is 4.90 Å². The second kappa shape index (κ2) is 5.19. The highest BCUT2D eigenvalue weighted by molar-refractivity contribution is 6.15. The molecule has 2 heterocycles. The van der Waals surface area contributed by atoms with Gasteiger partial charge in [-0.1, -0.05) is 12.1 Å². The highest BCUT2D eigenvalue weighted by atomic mass is 16.5. The fourth-order valence-corrected chi connectivity index (χ4v) is 3.17. The molecule has 1 saturated heterocycles. The van der Waals surface area contributed by atoms with Crippen LogP contribution in [0.5, 0.6) is 0 Å². The molecule has 0 saturated carbocycles. The molecule has 2 amide bonds. The molecule has 1 aromatic carbocycles. The van der Waals surface area contributed by atoms with Crippen LogP contribution in [0.1, 0.15) is 30.1 Å². The molecule has 1 atom stereocenters. The van der Waals surface area contributed by atoms with E-state index in [-0.39, 0.29) is 37.0 Å². The predicted molar refractivity (Wildman–Crippen MR) is 79.6 cm³/mol. The van der Waals surface area contributed by atoms with E-state index in [0.717, 1.165) is 0 Å². The molecule has 0 aromatic heterocycles. The number of amides is 2. The van der Waals surface area contributed by atoms with Crippen LogP contribution in [0.4, 0.5) is 5.69 Å². The Hall–Kier alpha value is -2.70. The number of nitrogens with zero attached hydrogens (tertiary/aromatic N) is 2. The summed E-state index contributed by atoms with van der Waals surface area (Å²) in [5.41, 5.74) is -0.754. The first-order valence-electron chi connectivity index (χ1n) is 7.26. The third-order valence-electron chi connectivity index (χ3n) is 4.28. The quantitative estimate of drug-likeness (QED) is 0.768. The Bertz CT molecular complexity index is 729. The maximum Gasteiger partial charge on any atom is 0.354 e. The van der Waals surface area contributed by atoms with Gasteiger partial charge in [0.2, 0.25) is 11.6 Å². The van der Waals surface area contributed by atoms with Gasteiger partial charge in [-0.15, -0.1) is 0 Å². The summed E-state index contributed by atoms with van der Waals surface area (Å²) in [6, 6.07) is 6.65. The lowest BCUT2D eigenvalue weighted by molar-refractivity contribution is -0.158. The first kappa shape index (κ1) is 15.2. The number of likely N-dealkylation sites (N-methyl/N-ethyl adjacent to an activating group) is 1. The van der Waals surface area contributed by atoms with Crippen molar-refractivity contribution < 1.29 is 23.9 Å². The molecule has 0 radical (unpaired) electrons.